The van der Waals surface area contributed by atoms with Gasteiger partial charge in [0, 0.05) is 5.02 Å². The van der Waals surface area contributed by atoms with Gasteiger partial charge in [-0.3, -0.25) is 10.1 Å². The van der Waals surface area contributed by atoms with Crippen molar-refractivity contribution in [1.29, 1.82) is 5.41 Å². The molecule has 0 aromatic heterocycles. The molecule has 1 aromatic carbocycles. The van der Waals surface area contributed by atoms with Gasteiger partial charge in [-0.2, -0.15) is 0 Å². The van der Waals surface area contributed by atoms with Crippen molar-refractivity contribution in [3.05, 3.63) is 39.8 Å². The first-order chi connectivity index (χ1) is 7.82. The van der Waals surface area contributed by atoms with Crippen LogP contribution in [0, 0.1) is 12.3 Å². The van der Waals surface area contributed by atoms with Gasteiger partial charge in [-0.15, -0.1) is 0 Å². The maximum Gasteiger partial charge on any atom is 0.255 e. The Bertz CT molecular complexity index is 545. The molecule has 4 nitrogen and oxygen atoms in total. The van der Waals surface area contributed by atoms with Gasteiger partial charge < -0.3 is 0 Å². The summed E-state index contributed by atoms with van der Waals surface area (Å²) in [4.78, 5) is 0. The molecule has 6 heteroatoms. The summed E-state index contributed by atoms with van der Waals surface area (Å²) >= 11 is 5.96. The van der Waals surface area contributed by atoms with Crippen molar-refractivity contribution >= 4 is 33.5 Å². The average molecular weight is 273 g/mol. The van der Waals surface area contributed by atoms with Crippen LogP contribution in [0.5, 0.6) is 0 Å². The van der Waals surface area contributed by atoms with Crippen LogP contribution in [0.2, 0.25) is 5.02 Å². The SMILES string of the molecule is CC(=N)NS(=O)(=O)C=Cc1c(C)cccc1Cl. The predicted octanol–water partition coefficient (Wildman–Crippen LogP) is 2.54. The summed E-state index contributed by atoms with van der Waals surface area (Å²) in [6, 6.07) is 5.33. The van der Waals surface area contributed by atoms with Crippen molar-refractivity contribution in [2.45, 2.75) is 13.8 Å². The fourth-order valence-electron chi connectivity index (χ4n) is 1.26. The second-order valence-electron chi connectivity index (χ2n) is 3.55. The third-order valence-corrected chi connectivity index (χ3v) is 3.39. The summed E-state index contributed by atoms with van der Waals surface area (Å²) in [6.07, 6.45) is 1.42. The Balaban J connectivity index is 3.03. The lowest BCUT2D eigenvalue weighted by molar-refractivity contribution is 0.601. The summed E-state index contributed by atoms with van der Waals surface area (Å²) in [6.45, 7) is 3.19. The predicted molar refractivity (Wildman–Crippen MR) is 70.7 cm³/mol. The van der Waals surface area contributed by atoms with Gasteiger partial charge in [-0.1, -0.05) is 23.7 Å². The highest BCUT2D eigenvalue weighted by Crippen LogP contribution is 2.21. The molecule has 92 valence electrons. The zero-order valence-corrected chi connectivity index (χ0v) is 11.1. The van der Waals surface area contributed by atoms with Crippen molar-refractivity contribution in [2.75, 3.05) is 0 Å². The number of hydrogen-bond acceptors (Lipinski definition) is 3. The summed E-state index contributed by atoms with van der Waals surface area (Å²) in [5, 5.41) is 8.56. The highest BCUT2D eigenvalue weighted by molar-refractivity contribution is 7.93. The van der Waals surface area contributed by atoms with Gasteiger partial charge in [0.05, 0.1) is 5.41 Å². The number of benzene rings is 1. The molecule has 0 aliphatic heterocycles. The van der Waals surface area contributed by atoms with E-state index in [2.05, 4.69) is 4.72 Å². The van der Waals surface area contributed by atoms with E-state index in [1.54, 1.807) is 12.1 Å². The Morgan fingerprint density at radius 1 is 1.47 bits per heavy atom. The van der Waals surface area contributed by atoms with E-state index in [-0.39, 0.29) is 5.84 Å². The van der Waals surface area contributed by atoms with Gasteiger partial charge in [0.1, 0.15) is 5.84 Å². The van der Waals surface area contributed by atoms with E-state index < -0.39 is 10.0 Å². The van der Waals surface area contributed by atoms with E-state index in [0.717, 1.165) is 11.0 Å². The zero-order chi connectivity index (χ0) is 13.1. The van der Waals surface area contributed by atoms with E-state index in [9.17, 15) is 8.42 Å². The number of halogens is 1. The fourth-order valence-corrected chi connectivity index (χ4v) is 2.36. The van der Waals surface area contributed by atoms with E-state index >= 15 is 0 Å². The quantitative estimate of drug-likeness (QED) is 0.656. The number of rotatable bonds is 3. The molecule has 0 spiro atoms. The Morgan fingerprint density at radius 3 is 2.65 bits per heavy atom. The molecule has 0 unspecified atom stereocenters. The minimum atomic E-state index is -3.63. The largest absolute Gasteiger partial charge is 0.288 e. The molecule has 0 amide bonds. The first kappa shape index (κ1) is 13.7. The Hall–Kier alpha value is -1.33. The fraction of sp³-hybridized carbons (Fsp3) is 0.182. The topological polar surface area (TPSA) is 70.0 Å². The number of nitrogens with one attached hydrogen (secondary N) is 2. The van der Waals surface area contributed by atoms with Crippen LogP contribution < -0.4 is 4.72 Å². The highest BCUT2D eigenvalue weighted by Gasteiger charge is 2.06. The van der Waals surface area contributed by atoms with Crippen molar-refractivity contribution in [3.8, 4) is 0 Å². The van der Waals surface area contributed by atoms with Crippen molar-refractivity contribution in [1.82, 2.24) is 4.72 Å². The van der Waals surface area contributed by atoms with Crippen LogP contribution in [0.4, 0.5) is 0 Å². The first-order valence-electron chi connectivity index (χ1n) is 4.83. The average Bonchev–Trinajstić information content (AvgIpc) is 2.14. The van der Waals surface area contributed by atoms with E-state index in [4.69, 9.17) is 17.0 Å². The minimum absolute atomic E-state index is 0.134. The van der Waals surface area contributed by atoms with Crippen LogP contribution >= 0.6 is 11.6 Å². The van der Waals surface area contributed by atoms with E-state index in [0.29, 0.717) is 10.6 Å². The van der Waals surface area contributed by atoms with Crippen LogP contribution in [-0.4, -0.2) is 14.3 Å². The van der Waals surface area contributed by atoms with E-state index in [1.807, 2.05) is 13.0 Å². The second-order valence-corrected chi connectivity index (χ2v) is 5.52. The molecular weight excluding hydrogens is 260 g/mol. The zero-order valence-electron chi connectivity index (χ0n) is 9.49. The molecule has 0 saturated carbocycles. The molecule has 0 aliphatic rings. The molecule has 0 fully saturated rings. The highest BCUT2D eigenvalue weighted by atomic mass is 35.5. The van der Waals surface area contributed by atoms with Crippen molar-refractivity contribution in [2.24, 2.45) is 0 Å². The summed E-state index contributed by atoms with van der Waals surface area (Å²) in [5.74, 6) is -0.134. The maximum absolute atomic E-state index is 11.5. The molecule has 0 saturated heterocycles. The third-order valence-electron chi connectivity index (χ3n) is 1.98. The number of sulfonamides is 1. The Morgan fingerprint density at radius 2 is 2.12 bits per heavy atom. The first-order valence-corrected chi connectivity index (χ1v) is 6.75. The number of aryl methyl sites for hydroxylation is 1. The molecule has 0 aliphatic carbocycles. The molecule has 2 N–H and O–H groups in total. The van der Waals surface area contributed by atoms with Crippen LogP contribution in [-0.2, 0) is 10.0 Å². The monoisotopic (exact) mass is 272 g/mol. The Labute approximate surface area is 106 Å². The number of amidine groups is 1. The van der Waals surface area contributed by atoms with Gasteiger partial charge in [0.2, 0.25) is 0 Å². The van der Waals surface area contributed by atoms with Gasteiger partial charge in [-0.05, 0) is 37.1 Å². The van der Waals surface area contributed by atoms with Gasteiger partial charge >= 0.3 is 0 Å². The molecule has 0 atom stereocenters. The molecule has 0 heterocycles. The third kappa shape index (κ3) is 4.20. The summed E-state index contributed by atoms with van der Waals surface area (Å²) < 4.78 is 25.0. The lowest BCUT2D eigenvalue weighted by Gasteiger charge is -2.03. The molecule has 0 radical (unpaired) electrons. The number of hydrogen-bond donors (Lipinski definition) is 2. The van der Waals surface area contributed by atoms with Gasteiger partial charge in [-0.25, -0.2) is 8.42 Å². The molecule has 0 bridgehead atoms. The van der Waals surface area contributed by atoms with Crippen LogP contribution in [0.15, 0.2) is 23.6 Å². The summed E-state index contributed by atoms with van der Waals surface area (Å²) in [7, 11) is -3.63. The normalized spacial score (nSPS) is 11.7. The molecular formula is C11H13ClN2O2S. The second kappa shape index (κ2) is 5.33. The molecule has 1 aromatic rings. The van der Waals surface area contributed by atoms with Crippen LogP contribution in [0.1, 0.15) is 18.1 Å². The maximum atomic E-state index is 11.5. The standard InChI is InChI=1S/C11H13ClN2O2S/c1-8-4-3-5-11(12)10(8)6-7-17(15,16)14-9(2)13/h3-7H,1-2H3,(H2,13,14). The smallest absolute Gasteiger partial charge is 0.255 e. The van der Waals surface area contributed by atoms with Crippen LogP contribution in [0.3, 0.4) is 0 Å². The summed E-state index contributed by atoms with van der Waals surface area (Å²) in [5.41, 5.74) is 1.54. The lowest BCUT2D eigenvalue weighted by Crippen LogP contribution is -2.25. The molecule has 1 rings (SSSR count). The van der Waals surface area contributed by atoms with Crippen molar-refractivity contribution in [3.63, 3.8) is 0 Å². The van der Waals surface area contributed by atoms with Gasteiger partial charge in [0.15, 0.2) is 0 Å². The molecule has 17 heavy (non-hydrogen) atoms. The Kier molecular flexibility index (Phi) is 4.31. The van der Waals surface area contributed by atoms with Crippen molar-refractivity contribution < 1.29 is 8.42 Å². The van der Waals surface area contributed by atoms with Crippen LogP contribution in [0.25, 0.3) is 6.08 Å². The van der Waals surface area contributed by atoms with Gasteiger partial charge in [0.25, 0.3) is 10.0 Å². The lowest BCUT2D eigenvalue weighted by atomic mass is 10.1. The minimum Gasteiger partial charge on any atom is -0.288 e. The van der Waals surface area contributed by atoms with E-state index in [1.165, 1.54) is 13.0 Å².